The largest absolute Gasteiger partial charge is 0.573 e. The molecule has 2 rings (SSSR count). The molecule has 0 unspecified atom stereocenters. The Labute approximate surface area is 120 Å². The number of alkyl halides is 3. The standard InChI is InChI=1S/C14H16F3N3O/c1-10(2)20(8-11-7-18-9-19-11)12-4-3-5-13(6-12)21-14(15,16)17/h3-7,9-10H,8H2,1-2H3,(H,18,19). The maximum absolute atomic E-state index is 12.3. The van der Waals surface area contributed by atoms with Gasteiger partial charge in [0.05, 0.1) is 18.6 Å². The first-order chi connectivity index (χ1) is 9.85. The lowest BCUT2D eigenvalue weighted by Crippen LogP contribution is -2.30. The van der Waals surface area contributed by atoms with Gasteiger partial charge in [-0.25, -0.2) is 4.98 Å². The van der Waals surface area contributed by atoms with Crippen molar-refractivity contribution in [2.45, 2.75) is 32.8 Å². The summed E-state index contributed by atoms with van der Waals surface area (Å²) in [5, 5.41) is 0. The zero-order valence-electron chi connectivity index (χ0n) is 11.7. The average Bonchev–Trinajstić information content (AvgIpc) is 2.86. The van der Waals surface area contributed by atoms with Gasteiger partial charge in [-0.3, -0.25) is 0 Å². The predicted molar refractivity (Wildman–Crippen MR) is 73.0 cm³/mol. The minimum atomic E-state index is -4.69. The van der Waals surface area contributed by atoms with Crippen molar-refractivity contribution in [3.05, 3.63) is 42.5 Å². The van der Waals surface area contributed by atoms with E-state index in [0.29, 0.717) is 12.2 Å². The molecule has 0 aliphatic heterocycles. The summed E-state index contributed by atoms with van der Waals surface area (Å²) in [6.07, 6.45) is -1.44. The number of anilines is 1. The highest BCUT2D eigenvalue weighted by atomic mass is 19.4. The van der Waals surface area contributed by atoms with Gasteiger partial charge in [0.1, 0.15) is 5.75 Å². The van der Waals surface area contributed by atoms with Gasteiger partial charge in [-0.1, -0.05) is 6.07 Å². The van der Waals surface area contributed by atoms with Crippen LogP contribution in [-0.4, -0.2) is 22.4 Å². The molecule has 0 aliphatic carbocycles. The summed E-state index contributed by atoms with van der Waals surface area (Å²) in [5.41, 5.74) is 1.53. The number of aromatic nitrogens is 2. The molecule has 1 N–H and O–H groups in total. The van der Waals surface area contributed by atoms with Crippen molar-refractivity contribution in [2.24, 2.45) is 0 Å². The molecule has 21 heavy (non-hydrogen) atoms. The maximum atomic E-state index is 12.3. The predicted octanol–water partition coefficient (Wildman–Crippen LogP) is 3.72. The highest BCUT2D eigenvalue weighted by Crippen LogP contribution is 2.28. The van der Waals surface area contributed by atoms with Crippen LogP contribution in [0, 0.1) is 0 Å². The highest BCUT2D eigenvalue weighted by molar-refractivity contribution is 5.51. The molecular weight excluding hydrogens is 283 g/mol. The Bertz CT molecular complexity index is 567. The number of nitrogens with zero attached hydrogens (tertiary/aromatic N) is 2. The van der Waals surface area contributed by atoms with Crippen molar-refractivity contribution in [3.63, 3.8) is 0 Å². The molecule has 0 radical (unpaired) electrons. The molecule has 4 nitrogen and oxygen atoms in total. The van der Waals surface area contributed by atoms with Crippen LogP contribution in [0.4, 0.5) is 18.9 Å². The molecule has 0 bridgehead atoms. The van der Waals surface area contributed by atoms with Crippen molar-refractivity contribution < 1.29 is 17.9 Å². The molecule has 0 amide bonds. The van der Waals surface area contributed by atoms with Crippen LogP contribution < -0.4 is 9.64 Å². The number of benzene rings is 1. The summed E-state index contributed by atoms with van der Waals surface area (Å²) < 4.78 is 40.8. The molecule has 1 aromatic heterocycles. The number of hydrogen-bond donors (Lipinski definition) is 1. The Kier molecular flexibility index (Phi) is 4.40. The fourth-order valence-electron chi connectivity index (χ4n) is 1.99. The minimum absolute atomic E-state index is 0.106. The molecule has 1 heterocycles. The van der Waals surface area contributed by atoms with Crippen LogP contribution >= 0.6 is 0 Å². The SMILES string of the molecule is CC(C)N(Cc1cnc[nH]1)c1cccc(OC(F)(F)F)c1. The zero-order chi connectivity index (χ0) is 15.5. The second-order valence-electron chi connectivity index (χ2n) is 4.84. The van der Waals surface area contributed by atoms with Crippen LogP contribution in [0.3, 0.4) is 0 Å². The fraction of sp³-hybridized carbons (Fsp3) is 0.357. The summed E-state index contributed by atoms with van der Waals surface area (Å²) in [4.78, 5) is 8.87. The van der Waals surface area contributed by atoms with Crippen molar-refractivity contribution >= 4 is 5.69 Å². The number of ether oxygens (including phenoxy) is 1. The first-order valence-electron chi connectivity index (χ1n) is 6.45. The second kappa shape index (κ2) is 6.07. The van der Waals surface area contributed by atoms with E-state index in [4.69, 9.17) is 0 Å². The van der Waals surface area contributed by atoms with E-state index in [2.05, 4.69) is 14.7 Å². The fourth-order valence-corrected chi connectivity index (χ4v) is 1.99. The Morgan fingerprint density at radius 2 is 2.10 bits per heavy atom. The normalized spacial score (nSPS) is 11.7. The number of rotatable bonds is 5. The van der Waals surface area contributed by atoms with Crippen molar-refractivity contribution in [3.8, 4) is 5.75 Å². The summed E-state index contributed by atoms with van der Waals surface area (Å²) in [6, 6.07) is 6.06. The van der Waals surface area contributed by atoms with Gasteiger partial charge in [0, 0.05) is 24.0 Å². The topological polar surface area (TPSA) is 41.2 Å². The number of halogens is 3. The second-order valence-corrected chi connectivity index (χ2v) is 4.84. The van der Waals surface area contributed by atoms with Crippen molar-refractivity contribution in [2.75, 3.05) is 4.90 Å². The number of aromatic amines is 1. The van der Waals surface area contributed by atoms with E-state index in [1.54, 1.807) is 24.7 Å². The van der Waals surface area contributed by atoms with Gasteiger partial charge in [-0.15, -0.1) is 13.2 Å². The van der Waals surface area contributed by atoms with Crippen molar-refractivity contribution in [1.82, 2.24) is 9.97 Å². The van der Waals surface area contributed by atoms with E-state index >= 15 is 0 Å². The number of hydrogen-bond acceptors (Lipinski definition) is 3. The van der Waals surface area contributed by atoms with E-state index < -0.39 is 6.36 Å². The third-order valence-electron chi connectivity index (χ3n) is 2.90. The summed E-state index contributed by atoms with van der Waals surface area (Å²) in [6.45, 7) is 4.45. The zero-order valence-corrected chi connectivity index (χ0v) is 11.7. The smallest absolute Gasteiger partial charge is 0.406 e. The lowest BCUT2D eigenvalue weighted by atomic mass is 10.2. The summed E-state index contributed by atoms with van der Waals surface area (Å²) >= 11 is 0. The van der Waals surface area contributed by atoms with Gasteiger partial charge in [-0.2, -0.15) is 0 Å². The number of H-pyrrole nitrogens is 1. The molecular formula is C14H16F3N3O. The monoisotopic (exact) mass is 299 g/mol. The molecule has 0 saturated heterocycles. The maximum Gasteiger partial charge on any atom is 0.573 e. The molecule has 0 aliphatic rings. The third-order valence-corrected chi connectivity index (χ3v) is 2.90. The van der Waals surface area contributed by atoms with Crippen LogP contribution in [-0.2, 0) is 6.54 Å². The lowest BCUT2D eigenvalue weighted by molar-refractivity contribution is -0.274. The summed E-state index contributed by atoms with van der Waals surface area (Å²) in [5.74, 6) is -0.227. The molecule has 0 saturated carbocycles. The minimum Gasteiger partial charge on any atom is -0.406 e. The molecule has 114 valence electrons. The van der Waals surface area contributed by atoms with E-state index in [0.717, 1.165) is 5.69 Å². The Hall–Kier alpha value is -2.18. The van der Waals surface area contributed by atoms with Crippen LogP contribution in [0.5, 0.6) is 5.75 Å². The van der Waals surface area contributed by atoms with Crippen LogP contribution in [0.25, 0.3) is 0 Å². The highest BCUT2D eigenvalue weighted by Gasteiger charge is 2.31. The van der Waals surface area contributed by atoms with Crippen molar-refractivity contribution in [1.29, 1.82) is 0 Å². The van der Waals surface area contributed by atoms with Gasteiger partial charge in [0.15, 0.2) is 0 Å². The first kappa shape index (κ1) is 15.2. The summed E-state index contributed by atoms with van der Waals surface area (Å²) in [7, 11) is 0. The molecule has 0 fully saturated rings. The van der Waals surface area contributed by atoms with E-state index in [1.165, 1.54) is 12.1 Å². The first-order valence-corrected chi connectivity index (χ1v) is 6.45. The molecule has 2 aromatic rings. The van der Waals surface area contributed by atoms with E-state index in [1.807, 2.05) is 18.7 Å². The Morgan fingerprint density at radius 3 is 2.67 bits per heavy atom. The van der Waals surface area contributed by atoms with Gasteiger partial charge in [-0.05, 0) is 26.0 Å². The quantitative estimate of drug-likeness (QED) is 0.914. The van der Waals surface area contributed by atoms with Gasteiger partial charge >= 0.3 is 6.36 Å². The van der Waals surface area contributed by atoms with Crippen LogP contribution in [0.15, 0.2) is 36.8 Å². The average molecular weight is 299 g/mol. The molecule has 0 atom stereocenters. The van der Waals surface area contributed by atoms with Crippen LogP contribution in [0.2, 0.25) is 0 Å². The van der Waals surface area contributed by atoms with Gasteiger partial charge in [0.2, 0.25) is 0 Å². The number of nitrogens with one attached hydrogen (secondary N) is 1. The van der Waals surface area contributed by atoms with Gasteiger partial charge in [0.25, 0.3) is 0 Å². The molecule has 0 spiro atoms. The lowest BCUT2D eigenvalue weighted by Gasteiger charge is -2.28. The Morgan fingerprint density at radius 1 is 1.33 bits per heavy atom. The third kappa shape index (κ3) is 4.40. The molecule has 1 aromatic carbocycles. The van der Waals surface area contributed by atoms with E-state index in [-0.39, 0.29) is 11.8 Å². The van der Waals surface area contributed by atoms with Gasteiger partial charge < -0.3 is 14.6 Å². The Balaban J connectivity index is 2.22. The number of imidazole rings is 1. The van der Waals surface area contributed by atoms with Crippen LogP contribution in [0.1, 0.15) is 19.5 Å². The molecule has 7 heteroatoms. The van der Waals surface area contributed by atoms with E-state index in [9.17, 15) is 13.2 Å².